The lowest BCUT2D eigenvalue weighted by Crippen LogP contribution is -2.48. The molecule has 2 fully saturated rings. The fourth-order valence-corrected chi connectivity index (χ4v) is 4.95. The molecule has 26 heavy (non-hydrogen) atoms. The molecular formula is C16H30N6O3S. The van der Waals surface area contributed by atoms with E-state index in [0.717, 1.165) is 37.9 Å². The van der Waals surface area contributed by atoms with Gasteiger partial charge in [0.05, 0.1) is 12.1 Å². The van der Waals surface area contributed by atoms with Crippen molar-refractivity contribution in [2.45, 2.75) is 68.3 Å². The summed E-state index contributed by atoms with van der Waals surface area (Å²) < 4.78 is 0. The molecule has 0 aromatic heterocycles. The molecule has 0 spiro atoms. The Balaban J connectivity index is 1.64. The number of hydrogen-bond donors (Lipinski definition) is 6. The van der Waals surface area contributed by atoms with Crippen LogP contribution in [0.2, 0.25) is 0 Å². The molecule has 2 saturated heterocycles. The van der Waals surface area contributed by atoms with Crippen molar-refractivity contribution in [2.24, 2.45) is 11.6 Å². The molecule has 4 amide bonds. The number of unbranched alkanes of at least 4 members (excludes halogenated alkanes) is 2. The van der Waals surface area contributed by atoms with Gasteiger partial charge in [0.15, 0.2) is 0 Å². The number of nitrogens with one attached hydrogen (secondary N) is 4. The number of nitrogens with two attached hydrogens (primary N) is 2. The summed E-state index contributed by atoms with van der Waals surface area (Å²) in [6.07, 6.45) is 5.09. The zero-order valence-electron chi connectivity index (χ0n) is 15.0. The number of urea groups is 1. The summed E-state index contributed by atoms with van der Waals surface area (Å²) in [6, 6.07) is -0.264. The standard InChI is InChI=1S/C16H30N6O3S/c17-8-4-3-5-10(15(24)22-18)19-13(23)7-2-1-6-12-14-11(9-26-12)20-16(25)21-14/h10-12,14H,1-9,17-18H2,(H,19,23)(H,22,24)(H2,20,21,25)/t10-,11-,12-,14-/m0/s1. The van der Waals surface area contributed by atoms with Gasteiger partial charge in [-0.2, -0.15) is 11.8 Å². The predicted octanol–water partition coefficient (Wildman–Crippen LogP) is -0.684. The average Bonchev–Trinajstić information content (AvgIpc) is 3.16. The Morgan fingerprint density at radius 2 is 2.04 bits per heavy atom. The summed E-state index contributed by atoms with van der Waals surface area (Å²) >= 11 is 1.87. The molecule has 4 atom stereocenters. The van der Waals surface area contributed by atoms with Gasteiger partial charge in [0.1, 0.15) is 6.04 Å². The summed E-state index contributed by atoms with van der Waals surface area (Å²) in [5, 5.41) is 9.04. The first kappa shape index (κ1) is 20.8. The van der Waals surface area contributed by atoms with Crippen molar-refractivity contribution < 1.29 is 14.4 Å². The maximum atomic E-state index is 12.1. The maximum Gasteiger partial charge on any atom is 0.315 e. The maximum absolute atomic E-state index is 12.1. The Morgan fingerprint density at radius 1 is 1.23 bits per heavy atom. The molecule has 9 nitrogen and oxygen atoms in total. The number of hydrogen-bond acceptors (Lipinski definition) is 6. The van der Waals surface area contributed by atoms with Gasteiger partial charge in [0, 0.05) is 17.4 Å². The first-order valence-electron chi connectivity index (χ1n) is 9.23. The number of carbonyl (C=O) groups excluding carboxylic acids is 3. The van der Waals surface area contributed by atoms with Crippen LogP contribution in [-0.4, -0.2) is 53.5 Å². The van der Waals surface area contributed by atoms with Crippen molar-refractivity contribution >= 4 is 29.6 Å². The van der Waals surface area contributed by atoms with Crippen LogP contribution in [0, 0.1) is 0 Å². The second kappa shape index (κ2) is 10.6. The van der Waals surface area contributed by atoms with Gasteiger partial charge in [0.25, 0.3) is 5.91 Å². The van der Waals surface area contributed by atoms with Gasteiger partial charge >= 0.3 is 6.03 Å². The van der Waals surface area contributed by atoms with Gasteiger partial charge < -0.3 is 21.7 Å². The quantitative estimate of drug-likeness (QED) is 0.0909. The zero-order chi connectivity index (χ0) is 18.9. The third-order valence-corrected chi connectivity index (χ3v) is 6.33. The van der Waals surface area contributed by atoms with E-state index in [0.29, 0.717) is 24.6 Å². The first-order chi connectivity index (χ1) is 12.5. The molecule has 0 saturated carbocycles. The Hall–Kier alpha value is -1.52. The molecule has 0 unspecified atom stereocenters. The van der Waals surface area contributed by atoms with Gasteiger partial charge in [0.2, 0.25) is 5.91 Å². The molecule has 2 rings (SSSR count). The predicted molar refractivity (Wildman–Crippen MR) is 101 cm³/mol. The lowest BCUT2D eigenvalue weighted by molar-refractivity contribution is -0.129. The minimum Gasteiger partial charge on any atom is -0.344 e. The molecule has 2 aliphatic rings. The molecule has 8 N–H and O–H groups in total. The highest BCUT2D eigenvalue weighted by atomic mass is 32.2. The Bertz CT molecular complexity index is 506. The fraction of sp³-hybridized carbons (Fsp3) is 0.812. The summed E-state index contributed by atoms with van der Waals surface area (Å²) in [7, 11) is 0. The summed E-state index contributed by atoms with van der Waals surface area (Å²) in [5.74, 6) is 5.60. The van der Waals surface area contributed by atoms with E-state index in [2.05, 4.69) is 21.4 Å². The van der Waals surface area contributed by atoms with Crippen LogP contribution in [0.25, 0.3) is 0 Å². The van der Waals surface area contributed by atoms with Gasteiger partial charge in [-0.1, -0.05) is 6.42 Å². The lowest BCUT2D eigenvalue weighted by Gasteiger charge is -2.18. The van der Waals surface area contributed by atoms with Gasteiger partial charge in [-0.3, -0.25) is 15.0 Å². The largest absolute Gasteiger partial charge is 0.344 e. The number of carbonyl (C=O) groups is 3. The number of fused-ring (bicyclic) bond motifs is 1. The van der Waals surface area contributed by atoms with E-state index < -0.39 is 6.04 Å². The van der Waals surface area contributed by atoms with Crippen LogP contribution in [0.1, 0.15) is 44.9 Å². The normalized spacial score (nSPS) is 25.2. The van der Waals surface area contributed by atoms with E-state index in [9.17, 15) is 14.4 Å². The van der Waals surface area contributed by atoms with E-state index in [4.69, 9.17) is 11.6 Å². The van der Waals surface area contributed by atoms with Gasteiger partial charge in [-0.25, -0.2) is 10.6 Å². The minimum atomic E-state index is -0.607. The molecule has 2 aliphatic heterocycles. The highest BCUT2D eigenvalue weighted by Crippen LogP contribution is 2.33. The zero-order valence-corrected chi connectivity index (χ0v) is 15.8. The smallest absolute Gasteiger partial charge is 0.315 e. The van der Waals surface area contributed by atoms with Crippen LogP contribution in [0.3, 0.4) is 0 Å². The van der Waals surface area contributed by atoms with Crippen LogP contribution >= 0.6 is 11.8 Å². The lowest BCUT2D eigenvalue weighted by atomic mass is 10.0. The molecule has 0 aliphatic carbocycles. The first-order valence-corrected chi connectivity index (χ1v) is 10.3. The Morgan fingerprint density at radius 3 is 2.77 bits per heavy atom. The Labute approximate surface area is 158 Å². The van der Waals surface area contributed by atoms with Crippen LogP contribution < -0.4 is 33.0 Å². The molecule has 2 heterocycles. The van der Waals surface area contributed by atoms with Crippen LogP contribution in [0.4, 0.5) is 4.79 Å². The van der Waals surface area contributed by atoms with E-state index in [1.807, 2.05) is 11.8 Å². The molecule has 0 radical (unpaired) electrons. The van der Waals surface area contributed by atoms with Crippen molar-refractivity contribution in [2.75, 3.05) is 12.3 Å². The van der Waals surface area contributed by atoms with Crippen LogP contribution in [0.5, 0.6) is 0 Å². The number of amides is 4. The van der Waals surface area contributed by atoms with Crippen LogP contribution in [-0.2, 0) is 9.59 Å². The number of rotatable bonds is 11. The van der Waals surface area contributed by atoms with Crippen LogP contribution in [0.15, 0.2) is 0 Å². The average molecular weight is 387 g/mol. The topological polar surface area (TPSA) is 151 Å². The SMILES string of the molecule is NCCCC[C@H](NC(=O)CCCC[C@@H]1SC[C@@H]2NC(=O)N[C@@H]21)C(=O)NN. The van der Waals surface area contributed by atoms with Crippen molar-refractivity contribution in [3.05, 3.63) is 0 Å². The highest BCUT2D eigenvalue weighted by Gasteiger charge is 2.42. The number of thioether (sulfide) groups is 1. The molecule has 0 aromatic carbocycles. The monoisotopic (exact) mass is 386 g/mol. The molecular weight excluding hydrogens is 356 g/mol. The number of hydrazine groups is 1. The Kier molecular flexibility index (Phi) is 8.46. The molecule has 0 bridgehead atoms. The minimum absolute atomic E-state index is 0.0801. The summed E-state index contributed by atoms with van der Waals surface area (Å²) in [4.78, 5) is 35.2. The third kappa shape index (κ3) is 6.03. The second-order valence-electron chi connectivity index (χ2n) is 6.78. The van der Waals surface area contributed by atoms with Crippen molar-refractivity contribution in [3.63, 3.8) is 0 Å². The van der Waals surface area contributed by atoms with Gasteiger partial charge in [-0.15, -0.1) is 0 Å². The van der Waals surface area contributed by atoms with E-state index in [1.165, 1.54) is 0 Å². The molecule has 10 heteroatoms. The molecule has 148 valence electrons. The van der Waals surface area contributed by atoms with Gasteiger partial charge in [-0.05, 0) is 38.6 Å². The van der Waals surface area contributed by atoms with E-state index in [-0.39, 0.29) is 29.9 Å². The van der Waals surface area contributed by atoms with Crippen molar-refractivity contribution in [1.82, 2.24) is 21.4 Å². The highest BCUT2D eigenvalue weighted by molar-refractivity contribution is 8.00. The molecule has 0 aromatic rings. The van der Waals surface area contributed by atoms with E-state index >= 15 is 0 Å². The fourth-order valence-electron chi connectivity index (χ4n) is 3.40. The van der Waals surface area contributed by atoms with Crippen molar-refractivity contribution in [1.29, 1.82) is 0 Å². The van der Waals surface area contributed by atoms with Crippen molar-refractivity contribution in [3.8, 4) is 0 Å². The summed E-state index contributed by atoms with van der Waals surface area (Å²) in [6.45, 7) is 0.557. The third-order valence-electron chi connectivity index (χ3n) is 4.82. The second-order valence-corrected chi connectivity index (χ2v) is 8.05. The van der Waals surface area contributed by atoms with E-state index in [1.54, 1.807) is 0 Å². The summed E-state index contributed by atoms with van der Waals surface area (Å²) in [5.41, 5.74) is 7.55.